The first-order valence-electron chi connectivity index (χ1n) is 16.5. The third-order valence-electron chi connectivity index (χ3n) is 9.18. The summed E-state index contributed by atoms with van der Waals surface area (Å²) in [5.41, 5.74) is 2.38. The van der Waals surface area contributed by atoms with E-state index in [-0.39, 0.29) is 30.2 Å². The molecule has 1 N–H and O–H groups in total. The van der Waals surface area contributed by atoms with Crippen molar-refractivity contribution < 1.29 is 32.2 Å². The zero-order valence-corrected chi connectivity index (χ0v) is 30.3. The molecule has 5 aromatic rings. The normalized spacial score (nSPS) is 13.9. The fourth-order valence-corrected chi connectivity index (χ4v) is 6.63. The van der Waals surface area contributed by atoms with Gasteiger partial charge in [-0.25, -0.2) is 18.2 Å². The lowest BCUT2D eigenvalue weighted by molar-refractivity contribution is 0.0619. The van der Waals surface area contributed by atoms with Crippen molar-refractivity contribution in [3.63, 3.8) is 0 Å². The second-order valence-electron chi connectivity index (χ2n) is 12.4. The number of aryl methyl sites for hydroxylation is 1. The molecule has 0 saturated carbocycles. The Morgan fingerprint density at radius 1 is 0.981 bits per heavy atom. The van der Waals surface area contributed by atoms with Gasteiger partial charge in [-0.1, -0.05) is 6.07 Å². The summed E-state index contributed by atoms with van der Waals surface area (Å²) in [7, 11) is 1.88. The summed E-state index contributed by atoms with van der Waals surface area (Å²) in [4.78, 5) is 23.9. The first kappa shape index (κ1) is 36.7. The molecule has 2 aliphatic heterocycles. The third-order valence-corrected chi connectivity index (χ3v) is 9.50. The molecule has 3 aromatic carbocycles. The van der Waals surface area contributed by atoms with E-state index in [0.29, 0.717) is 42.6 Å². The predicted molar refractivity (Wildman–Crippen MR) is 199 cm³/mol. The van der Waals surface area contributed by atoms with Gasteiger partial charge < -0.3 is 33.9 Å². The number of nitrogens with one attached hydrogen (secondary N) is 1. The van der Waals surface area contributed by atoms with E-state index in [1.165, 1.54) is 6.20 Å². The quantitative estimate of drug-likeness (QED) is 0.129. The number of anilines is 2. The van der Waals surface area contributed by atoms with Crippen molar-refractivity contribution >= 4 is 57.9 Å². The number of amides is 1. The summed E-state index contributed by atoms with van der Waals surface area (Å²) in [6, 6.07) is 17.7. The molecule has 0 atom stereocenters. The van der Waals surface area contributed by atoms with Crippen LogP contribution in [0.15, 0.2) is 66.9 Å². The number of aromatic nitrogens is 2. The fourth-order valence-electron chi connectivity index (χ4n) is 6.28. The number of nitrogens with zero attached hydrogens (tertiary/aromatic N) is 5. The number of hydrogen-bond acceptors (Lipinski definition) is 7. The van der Waals surface area contributed by atoms with Gasteiger partial charge in [-0.15, -0.1) is 12.4 Å². The highest BCUT2D eigenvalue weighted by Crippen LogP contribution is 2.33. The highest BCUT2D eigenvalue weighted by Gasteiger charge is 2.26. The molecule has 1 amide bonds. The van der Waals surface area contributed by atoms with Crippen LogP contribution in [0.5, 0.6) is 23.1 Å². The molecule has 0 aliphatic carbocycles. The molecule has 0 bridgehead atoms. The highest BCUT2D eigenvalue weighted by atomic mass is 35.5. The van der Waals surface area contributed by atoms with Crippen molar-refractivity contribution in [2.24, 2.45) is 7.05 Å². The van der Waals surface area contributed by atoms with E-state index in [1.807, 2.05) is 65.9 Å². The summed E-state index contributed by atoms with van der Waals surface area (Å²) in [5.74, 6) is -1.01. The summed E-state index contributed by atoms with van der Waals surface area (Å²) in [5, 5.41) is 3.49. The summed E-state index contributed by atoms with van der Waals surface area (Å²) in [6.45, 7) is 7.14. The molecule has 4 heterocycles. The smallest absolute Gasteiger partial charge is 0.270 e. The summed E-state index contributed by atoms with van der Waals surface area (Å²) >= 11 is 5.42. The SMILES string of the molecule is CCN(C(=S)Nc1cc(F)c(C)c(F)c1F)c1ccc(Oc2ccc3c(c2)cc(C(=O)N2CCN(Cc4ccc5c(c4)OCO5)CC2)n3C)nc1.Cl. The van der Waals surface area contributed by atoms with Crippen molar-refractivity contribution in [1.29, 1.82) is 0 Å². The number of carbonyl (C=O) groups is 1. The van der Waals surface area contributed by atoms with Gasteiger partial charge in [0, 0.05) is 74.9 Å². The average molecular weight is 753 g/mol. The van der Waals surface area contributed by atoms with Gasteiger partial charge in [0.05, 0.1) is 17.6 Å². The van der Waals surface area contributed by atoms with Crippen LogP contribution >= 0.6 is 24.6 Å². The van der Waals surface area contributed by atoms with Crippen LogP contribution < -0.4 is 24.4 Å². The Balaban J connectivity index is 0.00000464. The average Bonchev–Trinajstić information content (AvgIpc) is 3.74. The third kappa shape index (κ3) is 7.31. The van der Waals surface area contributed by atoms with E-state index in [2.05, 4.69) is 15.2 Å². The minimum Gasteiger partial charge on any atom is -0.454 e. The van der Waals surface area contributed by atoms with Gasteiger partial charge >= 0.3 is 0 Å². The maximum Gasteiger partial charge on any atom is 0.270 e. The number of fused-ring (bicyclic) bond motifs is 2. The Morgan fingerprint density at radius 2 is 1.75 bits per heavy atom. The van der Waals surface area contributed by atoms with Crippen LogP contribution in [-0.4, -0.2) is 69.9 Å². The first-order valence-corrected chi connectivity index (χ1v) is 16.9. The van der Waals surface area contributed by atoms with Crippen LogP contribution in [0.2, 0.25) is 0 Å². The molecule has 15 heteroatoms. The molecule has 52 heavy (non-hydrogen) atoms. The van der Waals surface area contributed by atoms with Gasteiger partial charge in [0.1, 0.15) is 17.3 Å². The number of thiocarbonyl (C=S) groups is 1. The molecule has 2 aliphatic rings. The van der Waals surface area contributed by atoms with Crippen LogP contribution in [0, 0.1) is 24.4 Å². The minimum atomic E-state index is -1.27. The second kappa shape index (κ2) is 15.3. The first-order chi connectivity index (χ1) is 24.6. The Bertz CT molecular complexity index is 2140. The fraction of sp³-hybridized carbons (Fsp3) is 0.270. The van der Waals surface area contributed by atoms with Crippen LogP contribution in [-0.2, 0) is 13.6 Å². The van der Waals surface area contributed by atoms with E-state index >= 15 is 0 Å². The standard InChI is InChI=1S/C37H35F3N6O4S.ClH/c1-4-46(37(51)42-28-18-27(38)22(2)34(39)35(28)40)25-6-10-33(41-19-25)50-26-7-8-29-24(16-26)17-30(43(29)3)36(47)45-13-11-44(12-14-45)20-23-5-9-31-32(15-23)49-21-48-31;/h5-10,15-19H,4,11-14,20-21H2,1-3H3,(H,42,51);1H. The maximum atomic E-state index is 14.4. The van der Waals surface area contributed by atoms with Crippen LogP contribution in [0.1, 0.15) is 28.5 Å². The van der Waals surface area contributed by atoms with E-state index in [4.69, 9.17) is 26.4 Å². The van der Waals surface area contributed by atoms with Crippen molar-refractivity contribution in [3.05, 3.63) is 101 Å². The van der Waals surface area contributed by atoms with Crippen LogP contribution in [0.4, 0.5) is 24.5 Å². The van der Waals surface area contributed by atoms with E-state index < -0.39 is 28.7 Å². The Labute approximate surface area is 310 Å². The zero-order valence-electron chi connectivity index (χ0n) is 28.6. The molecule has 1 fully saturated rings. The van der Waals surface area contributed by atoms with Gasteiger partial charge in [0.25, 0.3) is 5.91 Å². The lowest BCUT2D eigenvalue weighted by Crippen LogP contribution is -2.48. The van der Waals surface area contributed by atoms with E-state index in [0.717, 1.165) is 60.6 Å². The van der Waals surface area contributed by atoms with Crippen LogP contribution in [0.3, 0.4) is 0 Å². The Hall–Kier alpha value is -5.05. The zero-order chi connectivity index (χ0) is 35.8. The number of hydrogen-bond donors (Lipinski definition) is 1. The molecule has 272 valence electrons. The second-order valence-corrected chi connectivity index (χ2v) is 12.7. The molecule has 2 aromatic heterocycles. The van der Waals surface area contributed by atoms with Crippen molar-refractivity contribution in [3.8, 4) is 23.1 Å². The number of rotatable bonds is 8. The van der Waals surface area contributed by atoms with Crippen molar-refractivity contribution in [1.82, 2.24) is 19.4 Å². The molecule has 0 unspecified atom stereocenters. The number of piperazine rings is 1. The molecule has 10 nitrogen and oxygen atoms in total. The number of pyridine rings is 1. The summed E-state index contributed by atoms with van der Waals surface area (Å²) in [6.07, 6.45) is 1.53. The largest absolute Gasteiger partial charge is 0.454 e. The van der Waals surface area contributed by atoms with Gasteiger partial charge in [-0.2, -0.15) is 0 Å². The summed E-state index contributed by atoms with van der Waals surface area (Å²) < 4.78 is 61.5. The molecule has 0 spiro atoms. The molecular weight excluding hydrogens is 717 g/mol. The predicted octanol–water partition coefficient (Wildman–Crippen LogP) is 7.42. The molecule has 7 rings (SSSR count). The topological polar surface area (TPSA) is 84.3 Å². The lowest BCUT2D eigenvalue weighted by atomic mass is 10.1. The monoisotopic (exact) mass is 752 g/mol. The molecule has 0 radical (unpaired) electrons. The highest BCUT2D eigenvalue weighted by molar-refractivity contribution is 7.80. The number of halogens is 4. The molecular formula is C37H36ClF3N6O4S. The van der Waals surface area contributed by atoms with Crippen molar-refractivity contribution in [2.75, 3.05) is 49.7 Å². The number of ether oxygens (including phenoxy) is 3. The van der Waals surface area contributed by atoms with Gasteiger partial charge in [-0.05, 0) is 74.1 Å². The van der Waals surface area contributed by atoms with Gasteiger partial charge in [0.15, 0.2) is 28.2 Å². The lowest BCUT2D eigenvalue weighted by Gasteiger charge is -2.34. The Kier molecular flexibility index (Phi) is 10.8. The van der Waals surface area contributed by atoms with Crippen molar-refractivity contribution in [2.45, 2.75) is 20.4 Å². The maximum absolute atomic E-state index is 14.4. The Morgan fingerprint density at radius 3 is 2.48 bits per heavy atom. The van der Waals surface area contributed by atoms with E-state index in [9.17, 15) is 18.0 Å². The van der Waals surface area contributed by atoms with Crippen LogP contribution in [0.25, 0.3) is 10.9 Å². The van der Waals surface area contributed by atoms with Gasteiger partial charge in [0.2, 0.25) is 12.7 Å². The minimum absolute atomic E-state index is 0. The van der Waals surface area contributed by atoms with Gasteiger partial charge in [-0.3, -0.25) is 9.69 Å². The molecule has 1 saturated heterocycles. The number of benzene rings is 3. The van der Waals surface area contributed by atoms with E-state index in [1.54, 1.807) is 17.0 Å². The number of carbonyl (C=O) groups excluding carboxylic acids is 1.